The fraction of sp³-hybridized carbons (Fsp3) is 0.750. The van der Waals surface area contributed by atoms with Crippen LogP contribution in [0.2, 0.25) is 0 Å². The van der Waals surface area contributed by atoms with Crippen molar-refractivity contribution < 1.29 is 14.3 Å². The minimum Gasteiger partial charge on any atom is -0.444 e. The number of ether oxygens (including phenoxy) is 1. The first-order valence-corrected chi connectivity index (χ1v) is 8.68. The average molecular weight is 374 g/mol. The Morgan fingerprint density at radius 1 is 1.16 bits per heavy atom. The van der Waals surface area contributed by atoms with E-state index in [1.807, 2.05) is 6.92 Å². The number of halogens is 1. The van der Waals surface area contributed by atoms with E-state index in [4.69, 9.17) is 27.2 Å². The van der Waals surface area contributed by atoms with Crippen LogP contribution in [-0.2, 0) is 9.53 Å². The van der Waals surface area contributed by atoms with Gasteiger partial charge in [-0.05, 0) is 27.2 Å². The molecule has 1 aliphatic heterocycles. The highest BCUT2D eigenvalue weighted by Crippen LogP contribution is 2.15. The van der Waals surface area contributed by atoms with Gasteiger partial charge in [-0.25, -0.2) is 4.79 Å². The van der Waals surface area contributed by atoms with Crippen LogP contribution < -0.4 is 0 Å². The number of amidine groups is 1. The van der Waals surface area contributed by atoms with Crippen molar-refractivity contribution in [2.24, 2.45) is 0 Å². The smallest absolute Gasteiger partial charge is 0.410 e. The summed E-state index contributed by atoms with van der Waals surface area (Å²) in [5.41, 5.74) is -0.620. The molecule has 0 saturated carbocycles. The minimum absolute atomic E-state index is 0.0355. The topological polar surface area (TPSA) is 101 Å². The molecule has 1 rings (SSSR count). The summed E-state index contributed by atoms with van der Waals surface area (Å²) in [6.45, 7) is 8.91. The first kappa shape index (κ1) is 21.2. The van der Waals surface area contributed by atoms with Crippen molar-refractivity contribution in [1.29, 1.82) is 10.8 Å². The Labute approximate surface area is 154 Å². The molecule has 2 N–H and O–H groups in total. The summed E-state index contributed by atoms with van der Waals surface area (Å²) in [6, 6.07) is -0.591. The van der Waals surface area contributed by atoms with Gasteiger partial charge in [-0.15, -0.1) is 0 Å². The molecular weight excluding hydrogens is 346 g/mol. The zero-order valence-electron chi connectivity index (χ0n) is 15.6. The number of nitrogens with one attached hydrogen (secondary N) is 2. The van der Waals surface area contributed by atoms with Crippen LogP contribution in [-0.4, -0.2) is 82.6 Å². The number of hydrogen-bond acceptors (Lipinski definition) is 5. The highest BCUT2D eigenvalue weighted by Gasteiger charge is 2.33. The molecule has 0 radical (unpaired) electrons. The van der Waals surface area contributed by atoms with Crippen molar-refractivity contribution in [3.05, 3.63) is 0 Å². The van der Waals surface area contributed by atoms with E-state index in [-0.39, 0.29) is 16.9 Å². The largest absolute Gasteiger partial charge is 0.444 e. The Morgan fingerprint density at radius 3 is 2.04 bits per heavy atom. The maximum atomic E-state index is 12.8. The molecule has 1 saturated heterocycles. The Bertz CT molecular complexity index is 538. The average Bonchev–Trinajstić information content (AvgIpc) is 2.53. The lowest BCUT2D eigenvalue weighted by molar-refractivity contribution is -0.137. The van der Waals surface area contributed by atoms with Crippen LogP contribution in [0.4, 0.5) is 4.79 Å². The summed E-state index contributed by atoms with van der Waals surface area (Å²) < 4.78 is 5.34. The SMILES string of the molecule is CCC(C(=O)N1CCN(C(=N)C(=N)Cl)CC1)N(C)C(=O)OC(C)(C)C. The van der Waals surface area contributed by atoms with Gasteiger partial charge in [0, 0.05) is 33.2 Å². The molecule has 8 nitrogen and oxygen atoms in total. The molecule has 0 bridgehead atoms. The number of nitrogens with zero attached hydrogens (tertiary/aromatic N) is 3. The molecule has 2 amide bonds. The van der Waals surface area contributed by atoms with Crippen LogP contribution in [0, 0.1) is 10.8 Å². The summed E-state index contributed by atoms with van der Waals surface area (Å²) in [6.07, 6.45) is -0.0413. The molecule has 0 aliphatic carbocycles. The second-order valence-electron chi connectivity index (χ2n) is 6.99. The lowest BCUT2D eigenvalue weighted by Gasteiger charge is -2.38. The number of carbonyl (C=O) groups excluding carboxylic acids is 2. The third-order valence-corrected chi connectivity index (χ3v) is 4.12. The summed E-state index contributed by atoms with van der Waals surface area (Å²) in [5.74, 6) is -0.172. The first-order chi connectivity index (χ1) is 11.5. The zero-order valence-corrected chi connectivity index (χ0v) is 16.3. The van der Waals surface area contributed by atoms with Crippen LogP contribution in [0.1, 0.15) is 34.1 Å². The second-order valence-corrected chi connectivity index (χ2v) is 7.37. The van der Waals surface area contributed by atoms with Gasteiger partial charge < -0.3 is 14.5 Å². The Kier molecular flexibility index (Phi) is 7.22. The number of carbonyl (C=O) groups is 2. The molecule has 9 heteroatoms. The highest BCUT2D eigenvalue weighted by atomic mass is 35.5. The number of amides is 2. The summed E-state index contributed by atoms with van der Waals surface area (Å²) in [7, 11) is 1.57. The highest BCUT2D eigenvalue weighted by molar-refractivity contribution is 6.82. The first-order valence-electron chi connectivity index (χ1n) is 8.30. The van der Waals surface area contributed by atoms with Gasteiger partial charge in [-0.2, -0.15) is 0 Å². The number of rotatable bonds is 4. The van der Waals surface area contributed by atoms with E-state index >= 15 is 0 Å². The van der Waals surface area contributed by atoms with Gasteiger partial charge in [0.15, 0.2) is 11.0 Å². The van der Waals surface area contributed by atoms with Gasteiger partial charge in [0.25, 0.3) is 0 Å². The molecule has 0 aromatic heterocycles. The van der Waals surface area contributed by atoms with Crippen LogP contribution >= 0.6 is 11.6 Å². The zero-order chi connectivity index (χ0) is 19.4. The molecule has 0 aromatic rings. The predicted octanol–water partition coefficient (Wildman–Crippen LogP) is 1.97. The van der Waals surface area contributed by atoms with Crippen molar-refractivity contribution >= 4 is 34.6 Å². The molecule has 1 unspecified atom stereocenters. The second kappa shape index (κ2) is 8.51. The van der Waals surface area contributed by atoms with E-state index in [1.54, 1.807) is 37.6 Å². The van der Waals surface area contributed by atoms with Crippen LogP contribution in [0.3, 0.4) is 0 Å². The van der Waals surface area contributed by atoms with Crippen molar-refractivity contribution in [1.82, 2.24) is 14.7 Å². The Balaban J connectivity index is 2.69. The standard InChI is InChI=1S/C16H28ClN5O3/c1-6-11(20(5)15(24)25-16(2,3)4)14(23)22-9-7-21(8-10-22)13(19)12(17)18/h11,18-19H,6-10H2,1-5H3. The van der Waals surface area contributed by atoms with E-state index in [0.717, 1.165) is 0 Å². The molecule has 1 aliphatic rings. The van der Waals surface area contributed by atoms with Gasteiger partial charge in [0.2, 0.25) is 5.91 Å². The van der Waals surface area contributed by atoms with Crippen molar-refractivity contribution in [2.45, 2.75) is 45.8 Å². The third kappa shape index (κ3) is 5.88. The fourth-order valence-corrected chi connectivity index (χ4v) is 2.69. The lowest BCUT2D eigenvalue weighted by atomic mass is 10.1. The van der Waals surface area contributed by atoms with Gasteiger partial charge in [0.05, 0.1) is 0 Å². The maximum absolute atomic E-state index is 12.8. The summed E-state index contributed by atoms with van der Waals surface area (Å²) >= 11 is 5.54. The predicted molar refractivity (Wildman–Crippen MR) is 97.5 cm³/mol. The van der Waals surface area contributed by atoms with Crippen molar-refractivity contribution in [3.8, 4) is 0 Å². The normalized spacial score (nSPS) is 16.2. The van der Waals surface area contributed by atoms with E-state index in [2.05, 4.69) is 0 Å². The summed E-state index contributed by atoms with van der Waals surface area (Å²) in [5, 5.41) is 14.7. The molecule has 25 heavy (non-hydrogen) atoms. The van der Waals surface area contributed by atoms with Gasteiger partial charge in [-0.1, -0.05) is 18.5 Å². The van der Waals surface area contributed by atoms with E-state index < -0.39 is 17.7 Å². The molecule has 1 atom stereocenters. The monoisotopic (exact) mass is 373 g/mol. The molecule has 0 aromatic carbocycles. The summed E-state index contributed by atoms with van der Waals surface area (Å²) in [4.78, 5) is 29.7. The fourth-order valence-electron chi connectivity index (χ4n) is 2.58. The van der Waals surface area contributed by atoms with E-state index in [9.17, 15) is 9.59 Å². The van der Waals surface area contributed by atoms with Crippen LogP contribution in [0.5, 0.6) is 0 Å². The minimum atomic E-state index is -0.620. The lowest BCUT2D eigenvalue weighted by Crippen LogP contribution is -2.56. The molecule has 0 spiro atoms. The maximum Gasteiger partial charge on any atom is 0.410 e. The third-order valence-electron chi connectivity index (χ3n) is 3.94. The van der Waals surface area contributed by atoms with E-state index in [1.165, 1.54) is 4.90 Å². The Hall–Kier alpha value is -1.83. The molecular formula is C16H28ClN5O3. The molecule has 142 valence electrons. The number of hydrogen-bond donors (Lipinski definition) is 2. The number of likely N-dealkylation sites (N-methyl/N-ethyl adjacent to an activating group) is 1. The van der Waals surface area contributed by atoms with Crippen molar-refractivity contribution in [2.75, 3.05) is 33.2 Å². The van der Waals surface area contributed by atoms with Crippen LogP contribution in [0.25, 0.3) is 0 Å². The Morgan fingerprint density at radius 2 is 1.64 bits per heavy atom. The van der Waals surface area contributed by atoms with Gasteiger partial charge in [0.1, 0.15) is 11.6 Å². The van der Waals surface area contributed by atoms with E-state index in [0.29, 0.717) is 32.6 Å². The van der Waals surface area contributed by atoms with Crippen molar-refractivity contribution in [3.63, 3.8) is 0 Å². The van der Waals surface area contributed by atoms with Crippen LogP contribution in [0.15, 0.2) is 0 Å². The molecule has 1 heterocycles. The quantitative estimate of drug-likeness (QED) is 0.581. The number of piperazine rings is 1. The van der Waals surface area contributed by atoms with Gasteiger partial charge in [-0.3, -0.25) is 20.5 Å². The molecule has 1 fully saturated rings. The van der Waals surface area contributed by atoms with Gasteiger partial charge >= 0.3 is 6.09 Å².